The molecule has 0 heterocycles. The first-order chi connectivity index (χ1) is 9.69. The van der Waals surface area contributed by atoms with E-state index in [1.165, 1.54) is 16.7 Å². The van der Waals surface area contributed by atoms with Crippen molar-refractivity contribution >= 4 is 0 Å². The van der Waals surface area contributed by atoms with E-state index < -0.39 is 0 Å². The number of rotatable bonds is 3. The molecule has 0 amide bonds. The van der Waals surface area contributed by atoms with Crippen LogP contribution in [0.5, 0.6) is 5.75 Å². The molecule has 2 rings (SSSR count). The van der Waals surface area contributed by atoms with E-state index in [-0.39, 0.29) is 0 Å². The van der Waals surface area contributed by atoms with E-state index in [4.69, 9.17) is 10.5 Å². The van der Waals surface area contributed by atoms with Crippen LogP contribution < -0.4 is 10.5 Å². The van der Waals surface area contributed by atoms with E-state index in [1.54, 1.807) is 0 Å². The van der Waals surface area contributed by atoms with Crippen molar-refractivity contribution in [2.45, 2.75) is 20.5 Å². The molecule has 0 bridgehead atoms. The molecule has 0 aliphatic heterocycles. The maximum Gasteiger partial charge on any atom is 0.135 e. The summed E-state index contributed by atoms with van der Waals surface area (Å²) in [6.07, 6.45) is 0. The van der Waals surface area contributed by atoms with E-state index in [0.29, 0.717) is 13.2 Å². The summed E-state index contributed by atoms with van der Waals surface area (Å²) in [5.74, 6) is 6.69. The van der Waals surface area contributed by atoms with Gasteiger partial charge in [0.15, 0.2) is 0 Å². The number of ether oxygens (including phenoxy) is 1. The lowest BCUT2D eigenvalue weighted by molar-refractivity contribution is 0.305. The molecule has 2 N–H and O–H groups in total. The minimum Gasteiger partial charge on any atom is -0.488 e. The molecule has 2 heteroatoms. The van der Waals surface area contributed by atoms with E-state index >= 15 is 0 Å². The summed E-state index contributed by atoms with van der Waals surface area (Å²) in [7, 11) is 0. The van der Waals surface area contributed by atoms with Crippen LogP contribution in [0.1, 0.15) is 22.3 Å². The number of aryl methyl sites for hydroxylation is 2. The van der Waals surface area contributed by atoms with Crippen LogP contribution in [0.3, 0.4) is 0 Å². The molecular weight excluding hydrogens is 246 g/mol. The maximum absolute atomic E-state index is 5.89. The zero-order chi connectivity index (χ0) is 14.4. The molecule has 2 aromatic carbocycles. The first-order valence-electron chi connectivity index (χ1n) is 6.67. The standard InChI is InChI=1S/C18H19NO/c1-14-10-15(2)12-16(11-14)13-20-18-8-4-3-6-17(18)7-5-9-19/h3-4,6,8,10-12H,9,13,19H2,1-2H3. The first kappa shape index (κ1) is 14.2. The molecule has 0 aliphatic carbocycles. The highest BCUT2D eigenvalue weighted by molar-refractivity contribution is 5.46. The lowest BCUT2D eigenvalue weighted by Gasteiger charge is -2.09. The zero-order valence-electron chi connectivity index (χ0n) is 11.9. The van der Waals surface area contributed by atoms with Gasteiger partial charge in [-0.25, -0.2) is 0 Å². The van der Waals surface area contributed by atoms with Gasteiger partial charge in [-0.1, -0.05) is 53.3 Å². The van der Waals surface area contributed by atoms with Crippen LogP contribution >= 0.6 is 0 Å². The maximum atomic E-state index is 5.89. The smallest absolute Gasteiger partial charge is 0.135 e. The van der Waals surface area contributed by atoms with Crippen molar-refractivity contribution in [1.29, 1.82) is 0 Å². The van der Waals surface area contributed by atoms with Gasteiger partial charge in [-0.2, -0.15) is 0 Å². The van der Waals surface area contributed by atoms with Crippen molar-refractivity contribution in [2.75, 3.05) is 6.54 Å². The van der Waals surface area contributed by atoms with Crippen LogP contribution in [0.2, 0.25) is 0 Å². The quantitative estimate of drug-likeness (QED) is 0.865. The SMILES string of the molecule is Cc1cc(C)cc(COc2ccccc2C#CCN)c1. The highest BCUT2D eigenvalue weighted by Crippen LogP contribution is 2.19. The van der Waals surface area contributed by atoms with Crippen molar-refractivity contribution in [3.05, 3.63) is 64.7 Å². The summed E-state index contributed by atoms with van der Waals surface area (Å²) >= 11 is 0. The lowest BCUT2D eigenvalue weighted by atomic mass is 10.1. The van der Waals surface area contributed by atoms with Gasteiger partial charge >= 0.3 is 0 Å². The van der Waals surface area contributed by atoms with E-state index in [1.807, 2.05) is 24.3 Å². The van der Waals surface area contributed by atoms with Crippen LogP contribution in [-0.2, 0) is 6.61 Å². The Balaban J connectivity index is 2.14. The Kier molecular flexibility index (Phi) is 4.81. The molecule has 102 valence electrons. The predicted molar refractivity (Wildman–Crippen MR) is 82.6 cm³/mol. The van der Waals surface area contributed by atoms with Crippen LogP contribution in [0.25, 0.3) is 0 Å². The summed E-state index contributed by atoms with van der Waals surface area (Å²) in [5.41, 5.74) is 9.96. The third-order valence-electron chi connectivity index (χ3n) is 2.89. The van der Waals surface area contributed by atoms with Gasteiger partial charge in [-0.15, -0.1) is 0 Å². The number of hydrogen-bond acceptors (Lipinski definition) is 2. The average molecular weight is 265 g/mol. The van der Waals surface area contributed by atoms with Crippen molar-refractivity contribution < 1.29 is 4.74 Å². The van der Waals surface area contributed by atoms with Gasteiger partial charge in [-0.05, 0) is 31.5 Å². The van der Waals surface area contributed by atoms with E-state index in [0.717, 1.165) is 11.3 Å². The second kappa shape index (κ2) is 6.79. The lowest BCUT2D eigenvalue weighted by Crippen LogP contribution is -1.99. The fourth-order valence-corrected chi connectivity index (χ4v) is 2.16. The highest BCUT2D eigenvalue weighted by atomic mass is 16.5. The number of para-hydroxylation sites is 1. The van der Waals surface area contributed by atoms with Gasteiger partial charge in [-0.3, -0.25) is 0 Å². The molecule has 0 spiro atoms. The molecule has 0 radical (unpaired) electrons. The molecule has 0 fully saturated rings. The fourth-order valence-electron chi connectivity index (χ4n) is 2.16. The molecule has 0 aromatic heterocycles. The minimum atomic E-state index is 0.353. The Morgan fingerprint density at radius 1 is 1.05 bits per heavy atom. The van der Waals surface area contributed by atoms with Crippen LogP contribution in [-0.4, -0.2) is 6.54 Å². The van der Waals surface area contributed by atoms with Gasteiger partial charge in [0, 0.05) is 0 Å². The molecule has 2 nitrogen and oxygen atoms in total. The van der Waals surface area contributed by atoms with Gasteiger partial charge in [0.25, 0.3) is 0 Å². The topological polar surface area (TPSA) is 35.2 Å². The molecule has 0 saturated heterocycles. The van der Waals surface area contributed by atoms with Crippen molar-refractivity contribution in [3.8, 4) is 17.6 Å². The Bertz CT molecular complexity index is 630. The first-order valence-corrected chi connectivity index (χ1v) is 6.67. The summed E-state index contributed by atoms with van der Waals surface area (Å²) in [6.45, 7) is 5.09. The van der Waals surface area contributed by atoms with E-state index in [2.05, 4.69) is 43.9 Å². The van der Waals surface area contributed by atoms with Gasteiger partial charge < -0.3 is 10.5 Å². The van der Waals surface area contributed by atoms with E-state index in [9.17, 15) is 0 Å². The molecule has 0 saturated carbocycles. The van der Waals surface area contributed by atoms with Crippen LogP contribution in [0.15, 0.2) is 42.5 Å². The average Bonchev–Trinajstić information content (AvgIpc) is 2.43. The van der Waals surface area contributed by atoms with Crippen molar-refractivity contribution in [2.24, 2.45) is 5.73 Å². The second-order valence-electron chi connectivity index (χ2n) is 4.79. The molecule has 0 atom stereocenters. The zero-order valence-corrected chi connectivity index (χ0v) is 11.9. The Morgan fingerprint density at radius 2 is 1.75 bits per heavy atom. The molecule has 20 heavy (non-hydrogen) atoms. The van der Waals surface area contributed by atoms with Crippen molar-refractivity contribution in [3.63, 3.8) is 0 Å². The molecule has 0 unspecified atom stereocenters. The van der Waals surface area contributed by atoms with Gasteiger partial charge in [0.05, 0.1) is 12.1 Å². The predicted octanol–water partition coefficient (Wildman–Crippen LogP) is 3.19. The second-order valence-corrected chi connectivity index (χ2v) is 4.79. The van der Waals surface area contributed by atoms with Crippen molar-refractivity contribution in [1.82, 2.24) is 0 Å². The summed E-state index contributed by atoms with van der Waals surface area (Å²) in [5, 5.41) is 0. The number of hydrogen-bond donors (Lipinski definition) is 1. The molecule has 0 aliphatic rings. The van der Waals surface area contributed by atoms with Gasteiger partial charge in [0.1, 0.15) is 12.4 Å². The van der Waals surface area contributed by atoms with Crippen LogP contribution in [0.4, 0.5) is 0 Å². The summed E-state index contributed by atoms with van der Waals surface area (Å²) in [6, 6.07) is 14.2. The Hall–Kier alpha value is -2.24. The van der Waals surface area contributed by atoms with Crippen LogP contribution in [0, 0.1) is 25.7 Å². The van der Waals surface area contributed by atoms with Gasteiger partial charge in [0.2, 0.25) is 0 Å². The minimum absolute atomic E-state index is 0.353. The largest absolute Gasteiger partial charge is 0.488 e. The molecule has 2 aromatic rings. The normalized spacial score (nSPS) is 9.75. The summed E-state index contributed by atoms with van der Waals surface area (Å²) < 4.78 is 5.89. The third kappa shape index (κ3) is 3.88. The summed E-state index contributed by atoms with van der Waals surface area (Å²) in [4.78, 5) is 0. The molecular formula is C18H19NO. The third-order valence-corrected chi connectivity index (χ3v) is 2.89. The monoisotopic (exact) mass is 265 g/mol. The fraction of sp³-hybridized carbons (Fsp3) is 0.222. The highest BCUT2D eigenvalue weighted by Gasteiger charge is 2.02. The Morgan fingerprint density at radius 3 is 2.45 bits per heavy atom. The Labute approximate surface area is 120 Å². The number of nitrogens with two attached hydrogens (primary N) is 1. The number of benzene rings is 2.